The molecular weight excluding hydrogens is 580 g/mol. The second-order valence-corrected chi connectivity index (χ2v) is 12.1. The number of carbonyl (C=O) groups excluding carboxylic acids is 1. The predicted molar refractivity (Wildman–Crippen MR) is 144 cm³/mol. The number of carboxylic acid groups (broad SMARTS) is 1. The lowest BCUT2D eigenvalue weighted by Crippen LogP contribution is -2.59. The molecule has 2 aromatic carbocycles. The van der Waals surface area contributed by atoms with Crippen molar-refractivity contribution in [3.05, 3.63) is 63.4 Å². The monoisotopic (exact) mass is 610 g/mol. The molecule has 1 aliphatic carbocycles. The summed E-state index contributed by atoms with van der Waals surface area (Å²) in [4.78, 5) is 29.0. The van der Waals surface area contributed by atoms with Crippen molar-refractivity contribution in [1.29, 1.82) is 0 Å². The van der Waals surface area contributed by atoms with E-state index in [-0.39, 0.29) is 59.0 Å². The summed E-state index contributed by atoms with van der Waals surface area (Å²) < 4.78 is 66.1. The first-order chi connectivity index (χ1) is 20.0. The molecule has 2 saturated heterocycles. The summed E-state index contributed by atoms with van der Waals surface area (Å²) in [6, 6.07) is 6.23. The van der Waals surface area contributed by atoms with E-state index < -0.39 is 29.1 Å². The van der Waals surface area contributed by atoms with Crippen LogP contribution in [0.1, 0.15) is 71.5 Å². The Bertz CT molecular complexity index is 1380. The highest BCUT2D eigenvalue weighted by atomic mass is 35.5. The predicted octanol–water partition coefficient (Wildman–Crippen LogP) is 6.08. The molecule has 0 unspecified atom stereocenters. The van der Waals surface area contributed by atoms with Gasteiger partial charge in [0.1, 0.15) is 17.2 Å². The van der Waals surface area contributed by atoms with E-state index in [1.54, 1.807) is 6.07 Å². The Kier molecular flexibility index (Phi) is 7.64. The molecule has 0 aromatic heterocycles. The van der Waals surface area contributed by atoms with Crippen molar-refractivity contribution in [2.24, 2.45) is 5.92 Å². The lowest BCUT2D eigenvalue weighted by Gasteiger charge is -2.46. The minimum Gasteiger partial charge on any atom is -0.478 e. The molecule has 0 radical (unpaired) electrons. The summed E-state index contributed by atoms with van der Waals surface area (Å²) in [5.41, 5.74) is -1.19. The standard InChI is InChI=1S/C30H31ClF4N2O5/c31-24-13-21(30(33,34)35)11-19-14-37(16-41-26(19)24)28(40)29(20-2-3-20)8-5-22(15-42-29)36-9-6-17(7-10-36)18-1-4-25(32)23(12-18)27(38)39/h1,4,11-13,17,20,22H,2-3,5-10,14-16H2,(H,38,39)/t22-,29+/m1/s1. The number of hydrogen-bond donors (Lipinski definition) is 1. The van der Waals surface area contributed by atoms with Crippen LogP contribution in [-0.2, 0) is 22.3 Å². The number of carboxylic acids is 1. The number of halogens is 5. The van der Waals surface area contributed by atoms with Gasteiger partial charge in [0, 0.05) is 11.6 Å². The number of fused-ring (bicyclic) bond motifs is 1. The maximum atomic E-state index is 13.9. The second kappa shape index (κ2) is 11.0. The molecule has 226 valence electrons. The number of rotatable bonds is 5. The minimum absolute atomic E-state index is 0.0421. The number of benzene rings is 2. The average Bonchev–Trinajstić information content (AvgIpc) is 3.83. The first-order valence-electron chi connectivity index (χ1n) is 14.2. The van der Waals surface area contributed by atoms with Gasteiger partial charge in [0.05, 0.1) is 29.3 Å². The molecule has 4 aliphatic rings. The highest BCUT2D eigenvalue weighted by molar-refractivity contribution is 6.32. The SMILES string of the molecule is O=C(O)c1cc(C2CCN([C@@H]3CC[C@@](C(=O)N4COc5c(Cl)cc(C(F)(F)F)cc5C4)(C4CC4)OC3)CC2)ccc1F. The van der Waals surface area contributed by atoms with Gasteiger partial charge in [0.15, 0.2) is 6.73 Å². The van der Waals surface area contributed by atoms with Gasteiger partial charge in [0.25, 0.3) is 5.91 Å². The quantitative estimate of drug-likeness (QED) is 0.414. The van der Waals surface area contributed by atoms with Crippen molar-refractivity contribution in [3.63, 3.8) is 0 Å². The van der Waals surface area contributed by atoms with Crippen LogP contribution in [0.15, 0.2) is 30.3 Å². The Morgan fingerprint density at radius 1 is 1.05 bits per heavy atom. The lowest BCUT2D eigenvalue weighted by atomic mass is 9.84. The zero-order valence-electron chi connectivity index (χ0n) is 22.8. The molecule has 2 atom stereocenters. The number of nitrogens with zero attached hydrogens (tertiary/aromatic N) is 2. The molecule has 3 fully saturated rings. The Hall–Kier alpha value is -2.89. The number of piperidine rings is 1. The van der Waals surface area contributed by atoms with E-state index in [9.17, 15) is 32.3 Å². The van der Waals surface area contributed by atoms with E-state index in [4.69, 9.17) is 21.1 Å². The number of alkyl halides is 3. The van der Waals surface area contributed by atoms with E-state index in [1.165, 1.54) is 17.0 Å². The topological polar surface area (TPSA) is 79.3 Å². The highest BCUT2D eigenvalue weighted by Crippen LogP contribution is 2.49. The molecule has 3 heterocycles. The smallest absolute Gasteiger partial charge is 0.416 e. The van der Waals surface area contributed by atoms with Crippen LogP contribution < -0.4 is 4.74 Å². The molecule has 1 N–H and O–H groups in total. The molecule has 6 rings (SSSR count). The third-order valence-corrected chi connectivity index (χ3v) is 9.46. The van der Waals surface area contributed by atoms with Crippen LogP contribution in [-0.4, -0.2) is 64.9 Å². The van der Waals surface area contributed by atoms with Gasteiger partial charge in [-0.15, -0.1) is 0 Å². The van der Waals surface area contributed by atoms with E-state index in [0.717, 1.165) is 62.9 Å². The van der Waals surface area contributed by atoms with Gasteiger partial charge in [-0.1, -0.05) is 17.7 Å². The maximum Gasteiger partial charge on any atom is 0.416 e. The number of carbonyl (C=O) groups is 2. The zero-order chi connectivity index (χ0) is 29.8. The first kappa shape index (κ1) is 29.2. The second-order valence-electron chi connectivity index (χ2n) is 11.7. The number of amides is 1. The van der Waals surface area contributed by atoms with Crippen LogP contribution in [0.4, 0.5) is 17.6 Å². The fraction of sp³-hybridized carbons (Fsp3) is 0.533. The van der Waals surface area contributed by atoms with Crippen molar-refractivity contribution in [1.82, 2.24) is 9.80 Å². The summed E-state index contributed by atoms with van der Waals surface area (Å²) in [7, 11) is 0. The Morgan fingerprint density at radius 3 is 2.40 bits per heavy atom. The molecule has 1 amide bonds. The van der Waals surface area contributed by atoms with Crippen molar-refractivity contribution < 1.29 is 41.7 Å². The fourth-order valence-electron chi connectivity index (χ4n) is 6.73. The van der Waals surface area contributed by atoms with Crippen LogP contribution in [0.2, 0.25) is 5.02 Å². The molecule has 2 aromatic rings. The third kappa shape index (κ3) is 5.46. The summed E-state index contributed by atoms with van der Waals surface area (Å²) in [6.07, 6.45) is -0.0334. The van der Waals surface area contributed by atoms with Gasteiger partial charge in [-0.05, 0) is 93.3 Å². The molecule has 3 aliphatic heterocycles. The van der Waals surface area contributed by atoms with Crippen molar-refractivity contribution in [3.8, 4) is 5.75 Å². The van der Waals surface area contributed by atoms with Crippen LogP contribution >= 0.6 is 11.6 Å². The Morgan fingerprint density at radius 2 is 1.79 bits per heavy atom. The van der Waals surface area contributed by atoms with Crippen molar-refractivity contribution >= 4 is 23.5 Å². The number of likely N-dealkylation sites (tertiary alicyclic amines) is 1. The molecular formula is C30H31ClF4N2O5. The number of ether oxygens (including phenoxy) is 2. The van der Waals surface area contributed by atoms with Gasteiger partial charge in [0.2, 0.25) is 0 Å². The Labute approximate surface area is 245 Å². The van der Waals surface area contributed by atoms with E-state index in [1.807, 2.05) is 0 Å². The first-order valence-corrected chi connectivity index (χ1v) is 14.6. The van der Waals surface area contributed by atoms with Crippen LogP contribution in [0, 0.1) is 11.7 Å². The molecule has 0 spiro atoms. The molecule has 0 bridgehead atoms. The van der Waals surface area contributed by atoms with Gasteiger partial charge < -0.3 is 19.5 Å². The number of hydrogen-bond acceptors (Lipinski definition) is 5. The average molecular weight is 611 g/mol. The number of aromatic carboxylic acids is 1. The van der Waals surface area contributed by atoms with Crippen molar-refractivity contribution in [2.75, 3.05) is 26.4 Å². The summed E-state index contributed by atoms with van der Waals surface area (Å²) in [5.74, 6) is -1.93. The summed E-state index contributed by atoms with van der Waals surface area (Å²) in [5, 5.41) is 9.13. The third-order valence-electron chi connectivity index (χ3n) is 9.18. The van der Waals surface area contributed by atoms with E-state index in [0.29, 0.717) is 13.0 Å². The van der Waals surface area contributed by atoms with Crippen LogP contribution in [0.5, 0.6) is 5.75 Å². The molecule has 42 heavy (non-hydrogen) atoms. The normalized spacial score (nSPS) is 25.5. The van der Waals surface area contributed by atoms with Gasteiger partial charge in [-0.2, -0.15) is 13.2 Å². The largest absolute Gasteiger partial charge is 0.478 e. The maximum absolute atomic E-state index is 13.9. The molecule has 7 nitrogen and oxygen atoms in total. The summed E-state index contributed by atoms with van der Waals surface area (Å²) in [6.45, 7) is 1.74. The lowest BCUT2D eigenvalue weighted by molar-refractivity contribution is -0.180. The Balaban J connectivity index is 1.10. The van der Waals surface area contributed by atoms with Gasteiger partial charge >= 0.3 is 12.1 Å². The fourth-order valence-corrected chi connectivity index (χ4v) is 7.02. The zero-order valence-corrected chi connectivity index (χ0v) is 23.5. The minimum atomic E-state index is -4.57. The summed E-state index contributed by atoms with van der Waals surface area (Å²) >= 11 is 6.08. The van der Waals surface area contributed by atoms with E-state index >= 15 is 0 Å². The van der Waals surface area contributed by atoms with Crippen molar-refractivity contribution in [2.45, 2.75) is 68.8 Å². The highest BCUT2D eigenvalue weighted by Gasteiger charge is 2.56. The van der Waals surface area contributed by atoms with Crippen LogP contribution in [0.3, 0.4) is 0 Å². The molecule has 1 saturated carbocycles. The van der Waals surface area contributed by atoms with Gasteiger partial charge in [-0.25, -0.2) is 9.18 Å². The van der Waals surface area contributed by atoms with Gasteiger partial charge in [-0.3, -0.25) is 9.69 Å². The van der Waals surface area contributed by atoms with E-state index in [2.05, 4.69) is 4.90 Å². The molecule has 12 heteroatoms. The van der Waals surface area contributed by atoms with Crippen LogP contribution in [0.25, 0.3) is 0 Å².